The normalized spacial score (nSPS) is 15.3. The van der Waals surface area contributed by atoms with Crippen molar-refractivity contribution in [2.45, 2.75) is 18.8 Å². The van der Waals surface area contributed by atoms with Gasteiger partial charge in [-0.2, -0.15) is 5.26 Å². The molecule has 1 aliphatic heterocycles. The summed E-state index contributed by atoms with van der Waals surface area (Å²) < 4.78 is 0. The third-order valence-electron chi connectivity index (χ3n) is 6.00. The van der Waals surface area contributed by atoms with Gasteiger partial charge in [-0.15, -0.1) is 12.4 Å². The van der Waals surface area contributed by atoms with Crippen LogP contribution in [0.1, 0.15) is 29.9 Å². The van der Waals surface area contributed by atoms with Crippen LogP contribution in [0.2, 0.25) is 0 Å². The molecule has 0 radical (unpaired) electrons. The molecule has 0 spiro atoms. The predicted octanol–water partition coefficient (Wildman–Crippen LogP) is 3.82. The van der Waals surface area contributed by atoms with E-state index in [0.717, 1.165) is 49.1 Å². The number of hydrogen-bond acceptors (Lipinski definition) is 7. The van der Waals surface area contributed by atoms with Gasteiger partial charge in [0.25, 0.3) is 0 Å². The summed E-state index contributed by atoms with van der Waals surface area (Å²) in [5.41, 5.74) is 9.39. The second-order valence-corrected chi connectivity index (χ2v) is 8.75. The zero-order valence-corrected chi connectivity index (χ0v) is 20.1. The zero-order chi connectivity index (χ0) is 22.8. The summed E-state index contributed by atoms with van der Waals surface area (Å²) in [4.78, 5) is 18.1. The Hall–Kier alpha value is -3.48. The van der Waals surface area contributed by atoms with Gasteiger partial charge in [0.1, 0.15) is 17.5 Å². The molecule has 0 aromatic carbocycles. The van der Waals surface area contributed by atoms with Crippen LogP contribution in [0.4, 0.5) is 17.5 Å². The van der Waals surface area contributed by atoms with E-state index in [4.69, 9.17) is 33.2 Å². The van der Waals surface area contributed by atoms with Crippen LogP contribution in [0, 0.1) is 11.3 Å². The average Bonchev–Trinajstić information content (AvgIpc) is 3.70. The molecule has 1 saturated carbocycles. The number of aromatic nitrogens is 3. The first-order chi connectivity index (χ1) is 16.1. The lowest BCUT2D eigenvalue weighted by atomic mass is 10.1. The van der Waals surface area contributed by atoms with E-state index >= 15 is 0 Å². The van der Waals surface area contributed by atoms with Crippen molar-refractivity contribution in [3.05, 3.63) is 59.9 Å². The Kier molecular flexibility index (Phi) is 7.10. The third-order valence-corrected chi connectivity index (χ3v) is 6.26. The van der Waals surface area contributed by atoms with Crippen molar-refractivity contribution in [2.75, 3.05) is 36.4 Å². The quantitative estimate of drug-likeness (QED) is 0.514. The molecule has 4 heterocycles. The summed E-state index contributed by atoms with van der Waals surface area (Å²) in [5.74, 6) is 2.83. The molecule has 1 aliphatic carbocycles. The van der Waals surface area contributed by atoms with Crippen molar-refractivity contribution in [3.8, 4) is 17.3 Å². The maximum atomic E-state index is 9.15. The topological polar surface area (TPSA) is 107 Å². The molecule has 34 heavy (non-hydrogen) atoms. The van der Waals surface area contributed by atoms with Gasteiger partial charge in [0.2, 0.25) is 0 Å². The van der Waals surface area contributed by atoms with Crippen molar-refractivity contribution < 1.29 is 0 Å². The van der Waals surface area contributed by atoms with Gasteiger partial charge in [0.15, 0.2) is 5.11 Å². The molecule has 3 N–H and O–H groups in total. The molecule has 10 heteroatoms. The number of halogens is 1. The molecule has 8 nitrogen and oxygen atoms in total. The highest BCUT2D eigenvalue weighted by atomic mass is 35.5. The van der Waals surface area contributed by atoms with Crippen LogP contribution >= 0.6 is 24.6 Å². The average molecular weight is 493 g/mol. The van der Waals surface area contributed by atoms with E-state index in [2.05, 4.69) is 39.5 Å². The number of nitrogens with zero attached hydrogens (tertiary/aromatic N) is 6. The number of thiocarbonyl (C=S) groups is 1. The number of anilines is 3. The Morgan fingerprint density at radius 2 is 1.85 bits per heavy atom. The smallest absolute Gasteiger partial charge is 0.166 e. The van der Waals surface area contributed by atoms with E-state index in [1.54, 1.807) is 18.3 Å². The van der Waals surface area contributed by atoms with Gasteiger partial charge >= 0.3 is 0 Å². The second kappa shape index (κ2) is 10.2. The van der Waals surface area contributed by atoms with E-state index in [0.29, 0.717) is 22.4 Å². The molecule has 1 saturated heterocycles. The van der Waals surface area contributed by atoms with E-state index < -0.39 is 0 Å². The van der Waals surface area contributed by atoms with Gasteiger partial charge in [-0.3, -0.25) is 0 Å². The Labute approximate surface area is 210 Å². The number of nitrogens with two attached hydrogens (primary N) is 1. The molecule has 0 bridgehead atoms. The standard InChI is InChI=1S/C24H24N8S.ClH/c25-14-16-5-6-27-21(11-16)30-22-13-19(17-1-2-17)12-20(29-22)18-3-4-23(28-15-18)31-7-9-32(10-8-31)24(26)33;/h3-6,11-13,15,17H,1-2,7-10H2,(H2,26,33)(H,27,29,30);1H. The van der Waals surface area contributed by atoms with Crippen LogP contribution in [0.3, 0.4) is 0 Å². The molecule has 0 atom stereocenters. The molecule has 0 unspecified atom stereocenters. The SMILES string of the molecule is Cl.N#Cc1ccnc(Nc2cc(C3CC3)cc(-c3ccc(N4CCN(C(N)=S)CC4)nc3)n2)c1. The maximum Gasteiger partial charge on any atom is 0.166 e. The summed E-state index contributed by atoms with van der Waals surface area (Å²) in [7, 11) is 0. The number of rotatable bonds is 5. The minimum Gasteiger partial charge on any atom is -0.376 e. The van der Waals surface area contributed by atoms with E-state index in [9.17, 15) is 0 Å². The summed E-state index contributed by atoms with van der Waals surface area (Å²) in [5, 5.41) is 12.9. The first kappa shape index (κ1) is 23.7. The minimum atomic E-state index is 0. The number of piperazine rings is 1. The molecular formula is C24H25ClN8S. The van der Waals surface area contributed by atoms with Gasteiger partial charge in [-0.05, 0) is 72.9 Å². The maximum absolute atomic E-state index is 9.15. The summed E-state index contributed by atoms with van der Waals surface area (Å²) in [6, 6.07) is 13.9. The summed E-state index contributed by atoms with van der Waals surface area (Å²) >= 11 is 5.08. The number of nitriles is 1. The van der Waals surface area contributed by atoms with Crippen LogP contribution < -0.4 is 16.0 Å². The van der Waals surface area contributed by atoms with E-state index in [1.165, 1.54) is 18.4 Å². The Morgan fingerprint density at radius 1 is 1.06 bits per heavy atom. The first-order valence-corrected chi connectivity index (χ1v) is 11.4. The third kappa shape index (κ3) is 5.35. The largest absolute Gasteiger partial charge is 0.376 e. The molecule has 3 aromatic heterocycles. The zero-order valence-electron chi connectivity index (χ0n) is 18.5. The molecule has 5 rings (SSSR count). The van der Waals surface area contributed by atoms with Crippen molar-refractivity contribution in [2.24, 2.45) is 5.73 Å². The van der Waals surface area contributed by atoms with Crippen LogP contribution in [0.25, 0.3) is 11.3 Å². The van der Waals surface area contributed by atoms with Crippen molar-refractivity contribution in [1.29, 1.82) is 5.26 Å². The molecular weight excluding hydrogens is 468 g/mol. The molecule has 0 amide bonds. The van der Waals surface area contributed by atoms with Gasteiger partial charge in [0.05, 0.1) is 17.3 Å². The van der Waals surface area contributed by atoms with Gasteiger partial charge < -0.3 is 20.9 Å². The van der Waals surface area contributed by atoms with Gasteiger partial charge in [0, 0.05) is 44.1 Å². The Balaban J connectivity index is 0.00000274. The van der Waals surface area contributed by atoms with Crippen molar-refractivity contribution in [1.82, 2.24) is 19.9 Å². The van der Waals surface area contributed by atoms with Crippen molar-refractivity contribution >= 4 is 47.2 Å². The molecule has 174 valence electrons. The fourth-order valence-corrected chi connectivity index (χ4v) is 4.18. The van der Waals surface area contributed by atoms with Crippen LogP contribution in [0.5, 0.6) is 0 Å². The van der Waals surface area contributed by atoms with Crippen LogP contribution in [0.15, 0.2) is 48.8 Å². The highest BCUT2D eigenvalue weighted by Gasteiger charge is 2.25. The van der Waals surface area contributed by atoms with Crippen LogP contribution in [-0.2, 0) is 0 Å². The van der Waals surface area contributed by atoms with Crippen molar-refractivity contribution in [3.63, 3.8) is 0 Å². The highest BCUT2D eigenvalue weighted by Crippen LogP contribution is 2.42. The number of pyridine rings is 3. The Morgan fingerprint density at radius 3 is 2.50 bits per heavy atom. The molecule has 2 fully saturated rings. The van der Waals surface area contributed by atoms with E-state index in [-0.39, 0.29) is 12.4 Å². The highest BCUT2D eigenvalue weighted by molar-refractivity contribution is 7.80. The van der Waals surface area contributed by atoms with Gasteiger partial charge in [-0.1, -0.05) is 0 Å². The lowest BCUT2D eigenvalue weighted by molar-refractivity contribution is 0.387. The fraction of sp³-hybridized carbons (Fsp3) is 0.292. The first-order valence-electron chi connectivity index (χ1n) is 11.0. The van der Waals surface area contributed by atoms with Gasteiger partial charge in [-0.25, -0.2) is 15.0 Å². The molecule has 3 aromatic rings. The van der Waals surface area contributed by atoms with E-state index in [1.807, 2.05) is 17.2 Å². The predicted molar refractivity (Wildman–Crippen MR) is 139 cm³/mol. The molecule has 2 aliphatic rings. The lowest BCUT2D eigenvalue weighted by Crippen LogP contribution is -2.50. The fourth-order valence-electron chi connectivity index (χ4n) is 4.00. The van der Waals surface area contributed by atoms with Crippen LogP contribution in [-0.4, -0.2) is 51.1 Å². The Bertz CT molecular complexity index is 1210. The number of hydrogen-bond donors (Lipinski definition) is 2. The minimum absolute atomic E-state index is 0. The summed E-state index contributed by atoms with van der Waals surface area (Å²) in [6.07, 6.45) is 5.89. The summed E-state index contributed by atoms with van der Waals surface area (Å²) in [6.45, 7) is 3.28. The number of nitrogens with one attached hydrogen (secondary N) is 1. The monoisotopic (exact) mass is 492 g/mol. The second-order valence-electron chi connectivity index (χ2n) is 8.33. The lowest BCUT2D eigenvalue weighted by Gasteiger charge is -2.35.